The first-order valence-corrected chi connectivity index (χ1v) is 9.75. The second-order valence-corrected chi connectivity index (χ2v) is 8.34. The normalized spacial score (nSPS) is 11.2. The molecule has 0 aliphatic rings. The Labute approximate surface area is 148 Å². The van der Waals surface area contributed by atoms with Crippen LogP contribution in [0.2, 0.25) is 0 Å². The first-order chi connectivity index (χ1) is 11.3. The van der Waals surface area contributed by atoms with Gasteiger partial charge in [0.25, 0.3) is 0 Å². The Morgan fingerprint density at radius 1 is 1.17 bits per heavy atom. The molecule has 6 heteroatoms. The summed E-state index contributed by atoms with van der Waals surface area (Å²) < 4.78 is 8.97. The van der Waals surface area contributed by atoms with Gasteiger partial charge in [-0.3, -0.25) is 0 Å². The number of nitrogens with zero attached hydrogens (tertiary/aromatic N) is 1. The van der Waals surface area contributed by atoms with Crippen LogP contribution in [0.15, 0.2) is 27.8 Å². The van der Waals surface area contributed by atoms with E-state index >= 15 is 0 Å². The molecule has 1 N–H and O–H groups in total. The fraction of sp³-hybridized carbons (Fsp3) is 0.444. The van der Waals surface area contributed by atoms with Gasteiger partial charge >= 0.3 is 148 Å². The zero-order valence-corrected chi connectivity index (χ0v) is 16.5. The van der Waals surface area contributed by atoms with E-state index in [0.717, 1.165) is 9.05 Å². The molecule has 0 fully saturated rings. The molecule has 0 spiro atoms. The molecule has 130 valence electrons. The Balaban J connectivity index is 2.63. The van der Waals surface area contributed by atoms with Gasteiger partial charge in [0.15, 0.2) is 0 Å². The first kappa shape index (κ1) is 18.7. The van der Waals surface area contributed by atoms with Crippen LogP contribution >= 0.6 is 0 Å². The molecule has 0 atom stereocenters. The average Bonchev–Trinajstić information content (AvgIpc) is 2.45. The van der Waals surface area contributed by atoms with Gasteiger partial charge in [-0.25, -0.2) is 0 Å². The maximum atomic E-state index is 12.4. The third-order valence-corrected chi connectivity index (χ3v) is 5.92. The summed E-state index contributed by atoms with van der Waals surface area (Å²) in [6.07, 6.45) is 0. The van der Waals surface area contributed by atoms with Crippen LogP contribution in [0.5, 0.6) is 0 Å². The zero-order valence-electron chi connectivity index (χ0n) is 14.8. The molecule has 1 aromatic carbocycles. The molecule has 0 saturated carbocycles. The second-order valence-electron chi connectivity index (χ2n) is 6.11. The van der Waals surface area contributed by atoms with Crippen LogP contribution in [0, 0.1) is 13.8 Å². The zero-order chi connectivity index (χ0) is 17.9. The number of aromatic amines is 1. The predicted molar refractivity (Wildman–Crippen MR) is 98.0 cm³/mol. The van der Waals surface area contributed by atoms with Gasteiger partial charge in [-0.2, -0.15) is 0 Å². The molecule has 0 aliphatic carbocycles. The Hall–Kier alpha value is -1.62. The molecule has 24 heavy (non-hydrogen) atoms. The Kier molecular flexibility index (Phi) is 6.21. The van der Waals surface area contributed by atoms with Crippen LogP contribution < -0.4 is 20.3 Å². The van der Waals surface area contributed by atoms with E-state index in [1.807, 2.05) is 20.8 Å². The SMILES string of the molecule is CCOCn1c([Se]c2cc(C)cc(C)c2)c(C(C)C)c(=O)[nH]c1=O. The number of aromatic nitrogens is 2. The van der Waals surface area contributed by atoms with Crippen LogP contribution in [-0.4, -0.2) is 31.1 Å². The topological polar surface area (TPSA) is 64.1 Å². The summed E-state index contributed by atoms with van der Waals surface area (Å²) in [6, 6.07) is 6.36. The molecule has 0 unspecified atom stereocenters. The van der Waals surface area contributed by atoms with Crippen LogP contribution in [-0.2, 0) is 11.5 Å². The van der Waals surface area contributed by atoms with E-state index in [0.29, 0.717) is 12.2 Å². The fourth-order valence-electron chi connectivity index (χ4n) is 2.59. The van der Waals surface area contributed by atoms with E-state index < -0.39 is 5.69 Å². The van der Waals surface area contributed by atoms with Crippen LogP contribution in [0.3, 0.4) is 0 Å². The number of rotatable bonds is 6. The van der Waals surface area contributed by atoms with E-state index in [9.17, 15) is 9.59 Å². The minimum absolute atomic E-state index is 0.0324. The van der Waals surface area contributed by atoms with Crippen LogP contribution in [0.1, 0.15) is 43.4 Å². The van der Waals surface area contributed by atoms with Gasteiger partial charge < -0.3 is 0 Å². The standard InChI is InChI=1S/C18H24N2O3Se/c1-6-23-10-20-17(15(11(2)3)16(21)19-18(20)22)24-14-8-12(4)7-13(5)9-14/h7-9,11H,6,10H2,1-5H3,(H,19,21,22). The van der Waals surface area contributed by atoms with Crippen molar-refractivity contribution in [2.75, 3.05) is 6.61 Å². The summed E-state index contributed by atoms with van der Waals surface area (Å²) in [5.41, 5.74) is 2.35. The number of hydrogen-bond acceptors (Lipinski definition) is 3. The molecule has 0 aliphatic heterocycles. The summed E-state index contributed by atoms with van der Waals surface area (Å²) in [6.45, 7) is 10.6. The quantitative estimate of drug-likeness (QED) is 0.741. The number of nitrogens with one attached hydrogen (secondary N) is 1. The molecule has 1 aromatic heterocycles. The molecule has 0 bridgehead atoms. The molecule has 0 radical (unpaired) electrons. The number of ether oxygens (including phenoxy) is 1. The molecule has 1 heterocycles. The van der Waals surface area contributed by atoms with Crippen molar-refractivity contribution in [3.63, 3.8) is 0 Å². The maximum absolute atomic E-state index is 12.4. The van der Waals surface area contributed by atoms with Crippen molar-refractivity contribution in [1.82, 2.24) is 9.55 Å². The summed E-state index contributed by atoms with van der Waals surface area (Å²) in [7, 11) is 0. The number of H-pyrrole nitrogens is 1. The third kappa shape index (κ3) is 4.26. The van der Waals surface area contributed by atoms with Crippen molar-refractivity contribution in [3.8, 4) is 0 Å². The molecule has 2 rings (SSSR count). The van der Waals surface area contributed by atoms with Gasteiger partial charge in [0.2, 0.25) is 0 Å². The van der Waals surface area contributed by atoms with Gasteiger partial charge in [-0.1, -0.05) is 0 Å². The van der Waals surface area contributed by atoms with E-state index in [1.54, 1.807) is 4.57 Å². The fourth-order valence-corrected chi connectivity index (χ4v) is 5.52. The monoisotopic (exact) mass is 396 g/mol. The Morgan fingerprint density at radius 3 is 2.33 bits per heavy atom. The molecule has 5 nitrogen and oxygen atoms in total. The van der Waals surface area contributed by atoms with Crippen LogP contribution in [0.25, 0.3) is 0 Å². The second kappa shape index (κ2) is 7.97. The van der Waals surface area contributed by atoms with Crippen molar-refractivity contribution in [1.29, 1.82) is 0 Å². The summed E-state index contributed by atoms with van der Waals surface area (Å²) in [4.78, 5) is 27.1. The molecular weight excluding hydrogens is 371 g/mol. The third-order valence-electron chi connectivity index (χ3n) is 3.60. The number of benzene rings is 1. The van der Waals surface area contributed by atoms with E-state index in [-0.39, 0.29) is 33.2 Å². The first-order valence-electron chi connectivity index (χ1n) is 8.04. The number of aryl methyl sites for hydroxylation is 2. The van der Waals surface area contributed by atoms with Gasteiger partial charge in [0, 0.05) is 0 Å². The van der Waals surface area contributed by atoms with Gasteiger partial charge in [0.1, 0.15) is 0 Å². The molecule has 0 amide bonds. The van der Waals surface area contributed by atoms with Gasteiger partial charge in [-0.05, 0) is 0 Å². The van der Waals surface area contributed by atoms with Crippen molar-refractivity contribution in [2.24, 2.45) is 0 Å². The predicted octanol–water partition coefficient (Wildman–Crippen LogP) is 0.926. The molecular formula is C18H24N2O3Se. The Bertz CT molecular complexity index is 817. The summed E-state index contributed by atoms with van der Waals surface area (Å²) in [5, 5.41) is 0. The van der Waals surface area contributed by atoms with E-state index in [1.165, 1.54) is 11.1 Å². The molecule has 0 saturated heterocycles. The van der Waals surface area contributed by atoms with E-state index in [4.69, 9.17) is 4.74 Å². The molecule has 2 aromatic rings. The minimum atomic E-state index is -0.404. The van der Waals surface area contributed by atoms with Crippen molar-refractivity contribution >= 4 is 24.0 Å². The summed E-state index contributed by atoms with van der Waals surface area (Å²) >= 11 is -0.152. The van der Waals surface area contributed by atoms with E-state index in [2.05, 4.69) is 37.0 Å². The Morgan fingerprint density at radius 2 is 1.79 bits per heavy atom. The van der Waals surface area contributed by atoms with Crippen molar-refractivity contribution < 1.29 is 4.74 Å². The van der Waals surface area contributed by atoms with Crippen LogP contribution in [0.4, 0.5) is 0 Å². The van der Waals surface area contributed by atoms with Crippen molar-refractivity contribution in [3.05, 3.63) is 55.7 Å². The van der Waals surface area contributed by atoms with Gasteiger partial charge in [-0.15, -0.1) is 0 Å². The van der Waals surface area contributed by atoms with Crippen molar-refractivity contribution in [2.45, 2.75) is 47.3 Å². The van der Waals surface area contributed by atoms with Gasteiger partial charge in [0.05, 0.1) is 0 Å². The summed E-state index contributed by atoms with van der Waals surface area (Å²) in [5.74, 6) is 0.0324. The average molecular weight is 395 g/mol. The number of hydrogen-bond donors (Lipinski definition) is 1.